The van der Waals surface area contributed by atoms with E-state index in [-0.39, 0.29) is 0 Å². The van der Waals surface area contributed by atoms with Crippen LogP contribution in [-0.4, -0.2) is 37.7 Å². The lowest BCUT2D eigenvalue weighted by Gasteiger charge is -2.24. The molecule has 2 saturated heterocycles. The average molecular weight is 274 g/mol. The van der Waals surface area contributed by atoms with Gasteiger partial charge in [-0.3, -0.25) is 4.90 Å². The van der Waals surface area contributed by atoms with E-state index in [1.807, 2.05) is 0 Å². The number of benzene rings is 1. The van der Waals surface area contributed by atoms with Crippen LogP contribution < -0.4 is 5.32 Å². The summed E-state index contributed by atoms with van der Waals surface area (Å²) in [5.41, 5.74) is 2.77. The van der Waals surface area contributed by atoms with Crippen LogP contribution in [0.3, 0.4) is 0 Å². The predicted molar refractivity (Wildman–Crippen MR) is 83.0 cm³/mol. The molecule has 3 nitrogen and oxygen atoms in total. The molecule has 2 aliphatic heterocycles. The third-order valence-electron chi connectivity index (χ3n) is 4.53. The van der Waals surface area contributed by atoms with Gasteiger partial charge >= 0.3 is 0 Å². The number of nitrogens with one attached hydrogen (secondary N) is 1. The molecule has 2 heterocycles. The molecule has 0 unspecified atom stereocenters. The van der Waals surface area contributed by atoms with Crippen LogP contribution in [0.1, 0.15) is 31.2 Å². The fourth-order valence-corrected chi connectivity index (χ4v) is 3.22. The molecule has 0 spiro atoms. The van der Waals surface area contributed by atoms with Gasteiger partial charge in [0, 0.05) is 32.0 Å². The van der Waals surface area contributed by atoms with Crippen LogP contribution in [0.4, 0.5) is 5.69 Å². The van der Waals surface area contributed by atoms with Crippen molar-refractivity contribution in [3.05, 3.63) is 29.8 Å². The summed E-state index contributed by atoms with van der Waals surface area (Å²) in [7, 11) is 0. The van der Waals surface area contributed by atoms with E-state index in [4.69, 9.17) is 4.74 Å². The van der Waals surface area contributed by atoms with Gasteiger partial charge in [0.05, 0.1) is 0 Å². The van der Waals surface area contributed by atoms with Crippen molar-refractivity contribution in [2.75, 3.05) is 38.2 Å². The Morgan fingerprint density at radius 1 is 1.10 bits per heavy atom. The van der Waals surface area contributed by atoms with Crippen molar-refractivity contribution in [1.29, 1.82) is 0 Å². The number of ether oxygens (including phenoxy) is 1. The second-order valence-corrected chi connectivity index (χ2v) is 6.08. The molecule has 0 radical (unpaired) electrons. The molecule has 3 heteroatoms. The topological polar surface area (TPSA) is 24.5 Å². The number of para-hydroxylation sites is 1. The van der Waals surface area contributed by atoms with Crippen molar-refractivity contribution in [3.63, 3.8) is 0 Å². The maximum absolute atomic E-state index is 5.43. The molecule has 0 bridgehead atoms. The van der Waals surface area contributed by atoms with E-state index < -0.39 is 0 Å². The van der Waals surface area contributed by atoms with Crippen LogP contribution in [0.5, 0.6) is 0 Å². The van der Waals surface area contributed by atoms with Crippen molar-refractivity contribution in [2.45, 2.75) is 32.2 Å². The molecular formula is C17H26N2O. The fourth-order valence-electron chi connectivity index (χ4n) is 3.22. The molecule has 0 atom stereocenters. The summed E-state index contributed by atoms with van der Waals surface area (Å²) >= 11 is 0. The number of anilines is 1. The molecule has 0 aromatic heterocycles. The van der Waals surface area contributed by atoms with Crippen molar-refractivity contribution in [2.24, 2.45) is 5.92 Å². The van der Waals surface area contributed by atoms with Crippen LogP contribution in [0.15, 0.2) is 24.3 Å². The highest BCUT2D eigenvalue weighted by molar-refractivity contribution is 5.51. The molecule has 0 saturated carbocycles. The summed E-state index contributed by atoms with van der Waals surface area (Å²) in [5.74, 6) is 0.767. The van der Waals surface area contributed by atoms with Crippen LogP contribution >= 0.6 is 0 Å². The first-order valence-electron chi connectivity index (χ1n) is 8.04. The monoisotopic (exact) mass is 274 g/mol. The van der Waals surface area contributed by atoms with Gasteiger partial charge in [0.1, 0.15) is 0 Å². The van der Waals surface area contributed by atoms with Gasteiger partial charge in [0.2, 0.25) is 0 Å². The van der Waals surface area contributed by atoms with Gasteiger partial charge in [-0.25, -0.2) is 0 Å². The minimum Gasteiger partial charge on any atom is -0.385 e. The molecule has 1 N–H and O–H groups in total. The Kier molecular flexibility index (Phi) is 4.93. The predicted octanol–water partition coefficient (Wildman–Crippen LogP) is 3.12. The second-order valence-electron chi connectivity index (χ2n) is 6.08. The van der Waals surface area contributed by atoms with E-state index >= 15 is 0 Å². The van der Waals surface area contributed by atoms with E-state index in [1.165, 1.54) is 50.0 Å². The zero-order chi connectivity index (χ0) is 13.6. The minimum atomic E-state index is 0.767. The lowest BCUT2D eigenvalue weighted by molar-refractivity contribution is 0.0699. The number of likely N-dealkylation sites (tertiary alicyclic amines) is 1. The summed E-state index contributed by atoms with van der Waals surface area (Å²) < 4.78 is 5.43. The zero-order valence-corrected chi connectivity index (χ0v) is 12.3. The maximum Gasteiger partial charge on any atom is 0.0469 e. The molecule has 2 fully saturated rings. The van der Waals surface area contributed by atoms with Gasteiger partial charge in [-0.05, 0) is 56.3 Å². The molecule has 0 aliphatic carbocycles. The van der Waals surface area contributed by atoms with E-state index in [2.05, 4.69) is 34.5 Å². The Balaban J connectivity index is 1.57. The van der Waals surface area contributed by atoms with E-state index in [0.717, 1.165) is 32.2 Å². The Hall–Kier alpha value is -1.06. The lowest BCUT2D eigenvalue weighted by atomic mass is 10.00. The van der Waals surface area contributed by atoms with Crippen LogP contribution in [-0.2, 0) is 11.3 Å². The Bertz CT molecular complexity index is 409. The summed E-state index contributed by atoms with van der Waals surface area (Å²) in [6.45, 7) is 6.56. The average Bonchev–Trinajstić information content (AvgIpc) is 3.00. The fraction of sp³-hybridized carbons (Fsp3) is 0.647. The van der Waals surface area contributed by atoms with Crippen LogP contribution in [0.2, 0.25) is 0 Å². The molecule has 2 aliphatic rings. The van der Waals surface area contributed by atoms with E-state index in [0.29, 0.717) is 0 Å². The molecule has 1 aromatic carbocycles. The van der Waals surface area contributed by atoms with E-state index in [9.17, 15) is 0 Å². The maximum atomic E-state index is 5.43. The molecule has 20 heavy (non-hydrogen) atoms. The van der Waals surface area contributed by atoms with Crippen molar-refractivity contribution < 1.29 is 4.74 Å². The SMILES string of the molecule is c1ccc(NCC2CCOCC2)c(CN2CCCC2)c1. The summed E-state index contributed by atoms with van der Waals surface area (Å²) in [6, 6.07) is 8.79. The Morgan fingerprint density at radius 3 is 2.65 bits per heavy atom. The highest BCUT2D eigenvalue weighted by Gasteiger charge is 2.16. The first-order valence-corrected chi connectivity index (χ1v) is 8.04. The molecule has 0 amide bonds. The third-order valence-corrected chi connectivity index (χ3v) is 4.53. The first-order chi connectivity index (χ1) is 9.92. The van der Waals surface area contributed by atoms with Gasteiger partial charge < -0.3 is 10.1 Å². The summed E-state index contributed by atoms with van der Waals surface area (Å²) in [6.07, 6.45) is 5.11. The molecule has 1 aromatic rings. The smallest absolute Gasteiger partial charge is 0.0469 e. The van der Waals surface area contributed by atoms with Crippen LogP contribution in [0.25, 0.3) is 0 Å². The number of hydrogen-bond donors (Lipinski definition) is 1. The number of rotatable bonds is 5. The summed E-state index contributed by atoms with van der Waals surface area (Å²) in [4.78, 5) is 2.56. The summed E-state index contributed by atoms with van der Waals surface area (Å²) in [5, 5.41) is 3.67. The lowest BCUT2D eigenvalue weighted by Crippen LogP contribution is -2.24. The Labute approximate surface area is 122 Å². The normalized spacial score (nSPS) is 21.2. The highest BCUT2D eigenvalue weighted by Crippen LogP contribution is 2.21. The first kappa shape index (κ1) is 13.9. The van der Waals surface area contributed by atoms with Gasteiger partial charge in [0.15, 0.2) is 0 Å². The minimum absolute atomic E-state index is 0.767. The van der Waals surface area contributed by atoms with Gasteiger partial charge in [-0.2, -0.15) is 0 Å². The van der Waals surface area contributed by atoms with Crippen molar-refractivity contribution in [3.8, 4) is 0 Å². The van der Waals surface area contributed by atoms with Gasteiger partial charge in [-0.1, -0.05) is 18.2 Å². The molecule has 110 valence electrons. The van der Waals surface area contributed by atoms with E-state index in [1.54, 1.807) is 0 Å². The van der Waals surface area contributed by atoms with Crippen molar-refractivity contribution in [1.82, 2.24) is 4.90 Å². The Morgan fingerprint density at radius 2 is 1.85 bits per heavy atom. The quantitative estimate of drug-likeness (QED) is 0.893. The standard InChI is InChI=1S/C17H26N2O/c1-2-6-17(18-13-15-7-11-20-12-8-15)16(5-1)14-19-9-3-4-10-19/h1-2,5-6,15,18H,3-4,7-14H2. The molecule has 3 rings (SSSR count). The largest absolute Gasteiger partial charge is 0.385 e. The van der Waals surface area contributed by atoms with Gasteiger partial charge in [0.25, 0.3) is 0 Å². The third kappa shape index (κ3) is 3.74. The highest BCUT2D eigenvalue weighted by atomic mass is 16.5. The zero-order valence-electron chi connectivity index (χ0n) is 12.3. The van der Waals surface area contributed by atoms with Gasteiger partial charge in [-0.15, -0.1) is 0 Å². The number of nitrogens with zero attached hydrogens (tertiary/aromatic N) is 1. The number of hydrogen-bond acceptors (Lipinski definition) is 3. The second kappa shape index (κ2) is 7.09. The molecular weight excluding hydrogens is 248 g/mol. The van der Waals surface area contributed by atoms with Crippen LogP contribution in [0, 0.1) is 5.92 Å². The van der Waals surface area contributed by atoms with Crippen molar-refractivity contribution >= 4 is 5.69 Å².